The van der Waals surface area contributed by atoms with E-state index in [1.807, 2.05) is 6.92 Å². The molecule has 1 aromatic heterocycles. The number of nitrogens with two attached hydrogens (primary N) is 1. The van der Waals surface area contributed by atoms with Crippen LogP contribution in [-0.2, 0) is 12.8 Å². The van der Waals surface area contributed by atoms with Gasteiger partial charge in [0.25, 0.3) is 0 Å². The molecule has 1 atom stereocenters. The number of hydrogen-bond acceptors (Lipinski definition) is 4. The zero-order valence-corrected chi connectivity index (χ0v) is 9.56. The normalized spacial score (nSPS) is 12.6. The van der Waals surface area contributed by atoms with Gasteiger partial charge in [0.05, 0.1) is 6.42 Å². The van der Waals surface area contributed by atoms with Crippen LogP contribution in [0, 0.1) is 5.82 Å². The highest BCUT2D eigenvalue weighted by Gasteiger charge is 2.10. The molecule has 5 heteroatoms. The highest BCUT2D eigenvalue weighted by Crippen LogP contribution is 2.11. The Bertz CT molecular complexity index is 496. The molecule has 2 rings (SSSR count). The molecule has 17 heavy (non-hydrogen) atoms. The van der Waals surface area contributed by atoms with E-state index in [1.165, 1.54) is 6.07 Å². The second kappa shape index (κ2) is 5.05. The first-order valence-corrected chi connectivity index (χ1v) is 5.45. The van der Waals surface area contributed by atoms with Gasteiger partial charge in [-0.25, -0.2) is 4.39 Å². The monoisotopic (exact) mass is 235 g/mol. The van der Waals surface area contributed by atoms with Crippen LogP contribution in [0.25, 0.3) is 0 Å². The van der Waals surface area contributed by atoms with E-state index in [9.17, 15) is 4.39 Å². The third-order valence-electron chi connectivity index (χ3n) is 2.31. The van der Waals surface area contributed by atoms with Gasteiger partial charge in [0.1, 0.15) is 5.82 Å². The first kappa shape index (κ1) is 11.7. The number of nitrogens with zero attached hydrogens (tertiary/aromatic N) is 2. The van der Waals surface area contributed by atoms with Gasteiger partial charge in [0.15, 0.2) is 5.82 Å². The Kier molecular flexibility index (Phi) is 3.49. The molecule has 0 aliphatic heterocycles. The van der Waals surface area contributed by atoms with Gasteiger partial charge in [-0.1, -0.05) is 23.4 Å². The molecule has 0 saturated heterocycles. The summed E-state index contributed by atoms with van der Waals surface area (Å²) >= 11 is 0. The van der Waals surface area contributed by atoms with Crippen molar-refractivity contribution in [3.05, 3.63) is 47.4 Å². The number of benzene rings is 1. The van der Waals surface area contributed by atoms with E-state index >= 15 is 0 Å². The molecule has 1 unspecified atom stereocenters. The Hall–Kier alpha value is -1.75. The Balaban J connectivity index is 2.09. The van der Waals surface area contributed by atoms with Gasteiger partial charge in [0.2, 0.25) is 5.89 Å². The van der Waals surface area contributed by atoms with Crippen LogP contribution in [0.2, 0.25) is 0 Å². The summed E-state index contributed by atoms with van der Waals surface area (Å²) in [5.41, 5.74) is 6.17. The van der Waals surface area contributed by atoms with Crippen molar-refractivity contribution in [3.63, 3.8) is 0 Å². The van der Waals surface area contributed by atoms with Crippen LogP contribution in [0.1, 0.15) is 24.2 Å². The zero-order valence-electron chi connectivity index (χ0n) is 9.56. The quantitative estimate of drug-likeness (QED) is 0.875. The fourth-order valence-corrected chi connectivity index (χ4v) is 1.54. The summed E-state index contributed by atoms with van der Waals surface area (Å²) < 4.78 is 18.4. The van der Waals surface area contributed by atoms with E-state index in [-0.39, 0.29) is 11.9 Å². The van der Waals surface area contributed by atoms with Crippen molar-refractivity contribution >= 4 is 0 Å². The van der Waals surface area contributed by atoms with Crippen LogP contribution < -0.4 is 5.73 Å². The minimum Gasteiger partial charge on any atom is -0.339 e. The van der Waals surface area contributed by atoms with Gasteiger partial charge < -0.3 is 10.3 Å². The molecule has 0 radical (unpaired) electrons. The summed E-state index contributed by atoms with van der Waals surface area (Å²) in [6.45, 7) is 1.87. The van der Waals surface area contributed by atoms with E-state index in [0.29, 0.717) is 30.1 Å². The van der Waals surface area contributed by atoms with E-state index in [1.54, 1.807) is 18.2 Å². The van der Waals surface area contributed by atoms with Crippen molar-refractivity contribution < 1.29 is 8.91 Å². The highest BCUT2D eigenvalue weighted by molar-refractivity contribution is 5.20. The van der Waals surface area contributed by atoms with E-state index in [2.05, 4.69) is 10.1 Å². The molecule has 2 N–H and O–H groups in total. The number of aromatic nitrogens is 2. The summed E-state index contributed by atoms with van der Waals surface area (Å²) in [5, 5.41) is 3.79. The average molecular weight is 235 g/mol. The lowest BCUT2D eigenvalue weighted by Gasteiger charge is -1.98. The molecule has 0 aliphatic carbocycles. The van der Waals surface area contributed by atoms with Crippen LogP contribution in [-0.4, -0.2) is 16.2 Å². The smallest absolute Gasteiger partial charge is 0.231 e. The molecule has 1 aromatic carbocycles. The van der Waals surface area contributed by atoms with E-state index in [4.69, 9.17) is 10.3 Å². The lowest BCUT2D eigenvalue weighted by Crippen LogP contribution is -2.18. The number of rotatable bonds is 4. The third-order valence-corrected chi connectivity index (χ3v) is 2.31. The van der Waals surface area contributed by atoms with Gasteiger partial charge in [-0.3, -0.25) is 0 Å². The summed E-state index contributed by atoms with van der Waals surface area (Å²) in [4.78, 5) is 4.16. The average Bonchev–Trinajstić information content (AvgIpc) is 2.68. The highest BCUT2D eigenvalue weighted by atomic mass is 19.1. The Morgan fingerprint density at radius 2 is 2.18 bits per heavy atom. The molecular formula is C12H14FN3O. The molecule has 0 spiro atoms. The summed E-state index contributed by atoms with van der Waals surface area (Å²) in [6, 6.07) is 6.51. The van der Waals surface area contributed by atoms with Crippen molar-refractivity contribution in [2.45, 2.75) is 25.8 Å². The molecule has 2 aromatic rings. The standard InChI is InChI=1S/C12H14FN3O/c1-8(14)6-11-15-12(17-16-11)7-9-4-2-3-5-10(9)13/h2-5,8H,6-7,14H2,1H3. The largest absolute Gasteiger partial charge is 0.339 e. The lowest BCUT2D eigenvalue weighted by molar-refractivity contribution is 0.377. The van der Waals surface area contributed by atoms with Crippen LogP contribution in [0.15, 0.2) is 28.8 Å². The van der Waals surface area contributed by atoms with Crippen LogP contribution in [0.3, 0.4) is 0 Å². The van der Waals surface area contributed by atoms with Crippen molar-refractivity contribution in [1.29, 1.82) is 0 Å². The predicted molar refractivity (Wildman–Crippen MR) is 60.9 cm³/mol. The van der Waals surface area contributed by atoms with Crippen LogP contribution in [0.4, 0.5) is 4.39 Å². The molecule has 0 bridgehead atoms. The molecule has 0 amide bonds. The second-order valence-electron chi connectivity index (χ2n) is 4.05. The molecule has 0 aliphatic rings. The fraction of sp³-hybridized carbons (Fsp3) is 0.333. The molecule has 0 fully saturated rings. The molecule has 4 nitrogen and oxygen atoms in total. The first-order chi connectivity index (χ1) is 8.15. The maximum Gasteiger partial charge on any atom is 0.231 e. The van der Waals surface area contributed by atoms with Gasteiger partial charge >= 0.3 is 0 Å². The minimum absolute atomic E-state index is 0.0195. The van der Waals surface area contributed by atoms with Crippen molar-refractivity contribution in [1.82, 2.24) is 10.1 Å². The maximum absolute atomic E-state index is 13.4. The minimum atomic E-state index is -0.264. The first-order valence-electron chi connectivity index (χ1n) is 5.45. The Labute approximate surface area is 98.6 Å². The maximum atomic E-state index is 13.4. The van der Waals surface area contributed by atoms with Gasteiger partial charge in [-0.15, -0.1) is 0 Å². The lowest BCUT2D eigenvalue weighted by atomic mass is 10.1. The summed E-state index contributed by atoms with van der Waals surface area (Å²) in [6.07, 6.45) is 0.861. The second-order valence-corrected chi connectivity index (χ2v) is 4.05. The van der Waals surface area contributed by atoms with Gasteiger partial charge in [-0.05, 0) is 18.6 Å². The fourth-order valence-electron chi connectivity index (χ4n) is 1.54. The SMILES string of the molecule is CC(N)Cc1noc(Cc2ccccc2F)n1. The Morgan fingerprint density at radius 1 is 1.41 bits per heavy atom. The number of hydrogen-bond donors (Lipinski definition) is 1. The molecule has 1 heterocycles. The third kappa shape index (κ3) is 3.10. The summed E-state index contributed by atoms with van der Waals surface area (Å²) in [5.74, 6) is 0.705. The van der Waals surface area contributed by atoms with E-state index < -0.39 is 0 Å². The summed E-state index contributed by atoms with van der Waals surface area (Å²) in [7, 11) is 0. The zero-order chi connectivity index (χ0) is 12.3. The molecule has 90 valence electrons. The topological polar surface area (TPSA) is 64.9 Å². The number of halogens is 1. The van der Waals surface area contributed by atoms with Crippen LogP contribution >= 0.6 is 0 Å². The van der Waals surface area contributed by atoms with Gasteiger partial charge in [-0.2, -0.15) is 4.98 Å². The molecular weight excluding hydrogens is 221 g/mol. The van der Waals surface area contributed by atoms with Crippen molar-refractivity contribution in [2.24, 2.45) is 5.73 Å². The van der Waals surface area contributed by atoms with Crippen molar-refractivity contribution in [2.75, 3.05) is 0 Å². The van der Waals surface area contributed by atoms with Crippen LogP contribution in [0.5, 0.6) is 0 Å². The Morgan fingerprint density at radius 3 is 2.88 bits per heavy atom. The van der Waals surface area contributed by atoms with Crippen molar-refractivity contribution in [3.8, 4) is 0 Å². The van der Waals surface area contributed by atoms with Gasteiger partial charge in [0, 0.05) is 12.5 Å². The molecule has 0 saturated carbocycles. The van der Waals surface area contributed by atoms with E-state index in [0.717, 1.165) is 0 Å². The predicted octanol–water partition coefficient (Wildman–Crippen LogP) is 1.69.